The van der Waals surface area contributed by atoms with Crippen LogP contribution in [0.4, 0.5) is 0 Å². The molecule has 2 saturated carbocycles. The summed E-state index contributed by atoms with van der Waals surface area (Å²) in [5.41, 5.74) is 0.813. The Kier molecular flexibility index (Phi) is 4.32. The lowest BCUT2D eigenvalue weighted by Crippen LogP contribution is -2.59. The predicted octanol–water partition coefficient (Wildman–Crippen LogP) is 3.53. The number of Topliss-reactive ketones (excluding diaryl/α,β-unsaturated/α-hetero) is 1. The average Bonchev–Trinajstić information content (AvgIpc) is 3.15. The van der Waals surface area contributed by atoms with E-state index < -0.39 is 11.2 Å². The van der Waals surface area contributed by atoms with Gasteiger partial charge in [-0.15, -0.1) is 0 Å². The summed E-state index contributed by atoms with van der Waals surface area (Å²) < 4.78 is 17.5. The number of hydrogen-bond acceptors (Lipinski definition) is 5. The maximum Gasteiger partial charge on any atom is 0.172 e. The number of allylic oxidation sites excluding steroid dienone is 1. The van der Waals surface area contributed by atoms with Gasteiger partial charge in [0.15, 0.2) is 11.6 Å². The third-order valence-corrected chi connectivity index (χ3v) is 6.74. The number of carbonyl (C=O) groups excluding carboxylic acids is 1. The quantitative estimate of drug-likeness (QED) is 0.647. The van der Waals surface area contributed by atoms with E-state index in [2.05, 4.69) is 6.92 Å². The second kappa shape index (κ2) is 6.39. The Labute approximate surface area is 153 Å². The minimum absolute atomic E-state index is 0.0317. The highest BCUT2D eigenvalue weighted by atomic mass is 16.7. The van der Waals surface area contributed by atoms with Crippen molar-refractivity contribution in [2.45, 2.75) is 43.8 Å². The fourth-order valence-electron chi connectivity index (χ4n) is 5.40. The van der Waals surface area contributed by atoms with E-state index in [0.29, 0.717) is 38.0 Å². The van der Waals surface area contributed by atoms with Gasteiger partial charge in [0.2, 0.25) is 0 Å². The van der Waals surface area contributed by atoms with E-state index in [1.165, 1.54) is 0 Å². The van der Waals surface area contributed by atoms with E-state index in [4.69, 9.17) is 14.2 Å². The Hall–Kier alpha value is -1.85. The number of aliphatic hydroxyl groups excluding tert-OH is 1. The van der Waals surface area contributed by atoms with Gasteiger partial charge in [-0.3, -0.25) is 4.79 Å². The maximum absolute atomic E-state index is 13.5. The fraction of sp³-hybridized carbons (Fsp3) is 0.571. The van der Waals surface area contributed by atoms with Gasteiger partial charge in [0.25, 0.3) is 0 Å². The molecule has 3 fully saturated rings. The topological polar surface area (TPSA) is 65.0 Å². The van der Waals surface area contributed by atoms with Crippen LogP contribution in [0.15, 0.2) is 36.1 Å². The standard InChI is InChI=1S/C21H26O5/c1-14-18-7-6-15(13-22)19(23)20(18,8-9-21(14)25-10-11-26-21)16-4-3-5-17(12-16)24-2/h3-5,12-14,18,22H,6-11H2,1-2H3/b15-13-. The molecule has 3 aliphatic rings. The molecule has 4 rings (SSSR count). The highest BCUT2D eigenvalue weighted by Crippen LogP contribution is 2.58. The van der Waals surface area contributed by atoms with Crippen molar-refractivity contribution in [2.75, 3.05) is 20.3 Å². The zero-order valence-electron chi connectivity index (χ0n) is 15.4. The van der Waals surface area contributed by atoms with E-state index in [9.17, 15) is 9.90 Å². The number of methoxy groups -OCH3 is 1. The summed E-state index contributed by atoms with van der Waals surface area (Å²) in [4.78, 5) is 13.5. The number of rotatable bonds is 2. The van der Waals surface area contributed by atoms with Crippen LogP contribution in [0.25, 0.3) is 0 Å². The zero-order chi connectivity index (χ0) is 18.4. The number of benzene rings is 1. The number of aliphatic hydroxyl groups is 1. The van der Waals surface area contributed by atoms with Gasteiger partial charge < -0.3 is 19.3 Å². The predicted molar refractivity (Wildman–Crippen MR) is 96.1 cm³/mol. The first-order valence-electron chi connectivity index (χ1n) is 9.38. The van der Waals surface area contributed by atoms with Gasteiger partial charge >= 0.3 is 0 Å². The van der Waals surface area contributed by atoms with Gasteiger partial charge in [-0.1, -0.05) is 19.1 Å². The summed E-state index contributed by atoms with van der Waals surface area (Å²) in [6.45, 7) is 3.36. The smallest absolute Gasteiger partial charge is 0.172 e. The van der Waals surface area contributed by atoms with Crippen molar-refractivity contribution in [1.82, 2.24) is 0 Å². The van der Waals surface area contributed by atoms with Crippen LogP contribution in [0, 0.1) is 11.8 Å². The second-order valence-corrected chi connectivity index (χ2v) is 7.63. The first-order valence-corrected chi connectivity index (χ1v) is 9.38. The van der Waals surface area contributed by atoms with Crippen LogP contribution in [-0.4, -0.2) is 37.0 Å². The van der Waals surface area contributed by atoms with E-state index in [1.54, 1.807) is 7.11 Å². The van der Waals surface area contributed by atoms with E-state index in [1.807, 2.05) is 24.3 Å². The third kappa shape index (κ3) is 2.33. The number of ketones is 1. The average molecular weight is 358 g/mol. The molecule has 0 amide bonds. The molecule has 1 aliphatic heterocycles. The highest BCUT2D eigenvalue weighted by molar-refractivity contribution is 6.04. The molecule has 1 aromatic rings. The Bertz CT molecular complexity index is 734. The lowest BCUT2D eigenvalue weighted by atomic mass is 9.51. The minimum atomic E-state index is -0.665. The number of ether oxygens (including phenoxy) is 3. The molecule has 1 aromatic carbocycles. The van der Waals surface area contributed by atoms with E-state index in [0.717, 1.165) is 24.0 Å². The Balaban J connectivity index is 1.84. The highest BCUT2D eigenvalue weighted by Gasteiger charge is 2.61. The number of fused-ring (bicyclic) bond motifs is 1. The van der Waals surface area contributed by atoms with E-state index >= 15 is 0 Å². The summed E-state index contributed by atoms with van der Waals surface area (Å²) >= 11 is 0. The van der Waals surface area contributed by atoms with Gasteiger partial charge in [-0.2, -0.15) is 0 Å². The van der Waals surface area contributed by atoms with Crippen LogP contribution in [-0.2, 0) is 19.7 Å². The molecular weight excluding hydrogens is 332 g/mol. The molecule has 5 heteroatoms. The molecule has 26 heavy (non-hydrogen) atoms. The van der Waals surface area contributed by atoms with Crippen LogP contribution >= 0.6 is 0 Å². The Morgan fingerprint density at radius 3 is 2.73 bits per heavy atom. The van der Waals surface area contributed by atoms with Gasteiger partial charge in [-0.05, 0) is 42.9 Å². The lowest BCUT2D eigenvalue weighted by Gasteiger charge is -2.55. The molecular formula is C21H26O5. The molecule has 1 spiro atoms. The molecule has 2 aliphatic carbocycles. The molecule has 1 heterocycles. The summed E-state index contributed by atoms with van der Waals surface area (Å²) in [6.07, 6.45) is 3.73. The van der Waals surface area contributed by atoms with Crippen molar-refractivity contribution in [3.05, 3.63) is 41.7 Å². The third-order valence-electron chi connectivity index (χ3n) is 6.74. The second-order valence-electron chi connectivity index (χ2n) is 7.63. The molecule has 3 unspecified atom stereocenters. The fourth-order valence-corrected chi connectivity index (χ4v) is 5.40. The molecule has 0 radical (unpaired) electrons. The summed E-state index contributed by atoms with van der Waals surface area (Å²) in [6, 6.07) is 7.80. The Morgan fingerprint density at radius 1 is 1.27 bits per heavy atom. The van der Waals surface area contributed by atoms with Crippen molar-refractivity contribution in [3.8, 4) is 5.75 Å². The molecule has 5 nitrogen and oxygen atoms in total. The monoisotopic (exact) mass is 358 g/mol. The number of hydrogen-bond donors (Lipinski definition) is 1. The van der Waals surface area contributed by atoms with Crippen molar-refractivity contribution in [1.29, 1.82) is 0 Å². The maximum atomic E-state index is 13.5. The molecule has 0 bridgehead atoms. The minimum Gasteiger partial charge on any atom is -0.515 e. The van der Waals surface area contributed by atoms with Crippen molar-refractivity contribution in [3.63, 3.8) is 0 Å². The molecule has 1 N–H and O–H groups in total. The van der Waals surface area contributed by atoms with Crippen molar-refractivity contribution in [2.24, 2.45) is 11.8 Å². The zero-order valence-corrected chi connectivity index (χ0v) is 15.4. The molecule has 140 valence electrons. The lowest BCUT2D eigenvalue weighted by molar-refractivity contribution is -0.234. The Morgan fingerprint density at radius 2 is 2.04 bits per heavy atom. The van der Waals surface area contributed by atoms with Crippen LogP contribution in [0.5, 0.6) is 5.75 Å². The van der Waals surface area contributed by atoms with Gasteiger partial charge in [0, 0.05) is 17.9 Å². The normalized spacial score (nSPS) is 34.8. The molecule has 1 saturated heterocycles. The van der Waals surface area contributed by atoms with Crippen molar-refractivity contribution < 1.29 is 24.1 Å². The van der Waals surface area contributed by atoms with E-state index in [-0.39, 0.29) is 17.6 Å². The van der Waals surface area contributed by atoms with Crippen LogP contribution < -0.4 is 4.74 Å². The van der Waals surface area contributed by atoms with Gasteiger partial charge in [0.05, 0.1) is 32.0 Å². The van der Waals surface area contributed by atoms with Crippen LogP contribution in [0.1, 0.15) is 38.2 Å². The van der Waals surface area contributed by atoms with Crippen LogP contribution in [0.2, 0.25) is 0 Å². The SMILES string of the molecule is COc1cccc(C23CCC4(OCCO4)C(C)C2CC/C(=C/O)C3=O)c1. The molecule has 3 atom stereocenters. The first kappa shape index (κ1) is 17.6. The molecule has 0 aromatic heterocycles. The first-order chi connectivity index (χ1) is 12.6. The van der Waals surface area contributed by atoms with Gasteiger partial charge in [0.1, 0.15) is 5.75 Å². The van der Waals surface area contributed by atoms with Gasteiger partial charge in [-0.25, -0.2) is 0 Å². The number of carbonyl (C=O) groups is 1. The van der Waals surface area contributed by atoms with Crippen molar-refractivity contribution >= 4 is 5.78 Å². The summed E-state index contributed by atoms with van der Waals surface area (Å²) in [5.74, 6) is 0.383. The largest absolute Gasteiger partial charge is 0.515 e. The summed E-state index contributed by atoms with van der Waals surface area (Å²) in [7, 11) is 1.63. The van der Waals surface area contributed by atoms with Crippen LogP contribution in [0.3, 0.4) is 0 Å². The summed E-state index contributed by atoms with van der Waals surface area (Å²) in [5, 5.41) is 9.63.